The lowest BCUT2D eigenvalue weighted by atomic mass is 9.85. The quantitative estimate of drug-likeness (QED) is 0.0112. The molecule has 0 saturated heterocycles. The Morgan fingerprint density at radius 1 is 0.508 bits per heavy atom. The molecule has 0 radical (unpaired) electrons. The predicted molar refractivity (Wildman–Crippen MR) is 249 cm³/mol. The number of hydrogen-bond donors (Lipinski definition) is 6. The summed E-state index contributed by atoms with van der Waals surface area (Å²) < 4.78 is 33.5. The van der Waals surface area contributed by atoms with Crippen molar-refractivity contribution < 1.29 is 63.1 Å². The molecule has 13 nitrogen and oxygen atoms in total. The highest BCUT2D eigenvalue weighted by Gasteiger charge is 2.51. The number of hydrogen-bond acceptors (Lipinski definition) is 12. The molecule has 0 spiro atoms. The van der Waals surface area contributed by atoms with Crippen LogP contribution in [0.4, 0.5) is 0 Å². The average molecular weight is 911 g/mol. The van der Waals surface area contributed by atoms with Gasteiger partial charge in [0.15, 0.2) is 6.10 Å². The Hall–Kier alpha value is -2.71. The number of aliphatic hydroxyl groups is 5. The van der Waals surface area contributed by atoms with Gasteiger partial charge < -0.3 is 39.9 Å². The largest absolute Gasteiger partial charge is 0.472 e. The van der Waals surface area contributed by atoms with Gasteiger partial charge in [-0.1, -0.05) is 145 Å². The Balaban J connectivity index is 2.49. The van der Waals surface area contributed by atoms with Crippen LogP contribution < -0.4 is 0 Å². The zero-order chi connectivity index (χ0) is 46.4. The van der Waals surface area contributed by atoms with E-state index >= 15 is 0 Å². The van der Waals surface area contributed by atoms with E-state index < -0.39 is 75.7 Å². The SMILES string of the molecule is CCCCC/C=C/C/C=C/C/C=C/C/C=C/CCCCCC(=O)OC[C@@H](COP(=O)(O)OC1C(O)C(O)C(O)[C@H](O)C1O)OC(=O)CCCCCCC/C=C/C=C/CCCCCC. The van der Waals surface area contributed by atoms with Crippen molar-refractivity contribution in [2.75, 3.05) is 13.2 Å². The van der Waals surface area contributed by atoms with Crippen LogP contribution in [0.3, 0.4) is 0 Å². The maximum absolute atomic E-state index is 12.8. The van der Waals surface area contributed by atoms with Crippen molar-refractivity contribution in [3.8, 4) is 0 Å². The van der Waals surface area contributed by atoms with E-state index in [1.807, 2.05) is 0 Å². The van der Waals surface area contributed by atoms with Gasteiger partial charge in [0.05, 0.1) is 6.61 Å². The van der Waals surface area contributed by atoms with Crippen LogP contribution in [0.5, 0.6) is 0 Å². The van der Waals surface area contributed by atoms with Gasteiger partial charge >= 0.3 is 19.8 Å². The van der Waals surface area contributed by atoms with E-state index in [1.54, 1.807) is 0 Å². The number of allylic oxidation sites excluding steroid dienone is 12. The van der Waals surface area contributed by atoms with Gasteiger partial charge in [-0.2, -0.15) is 0 Å². The molecule has 1 aliphatic rings. The number of unbranched alkanes of at least 4 members (excludes halogenated alkanes) is 15. The molecule has 0 aromatic rings. The van der Waals surface area contributed by atoms with Crippen LogP contribution in [0.15, 0.2) is 72.9 Å². The first-order chi connectivity index (χ1) is 30.4. The van der Waals surface area contributed by atoms with E-state index in [1.165, 1.54) is 44.9 Å². The maximum Gasteiger partial charge on any atom is 0.472 e. The second kappa shape index (κ2) is 38.5. The fourth-order valence-electron chi connectivity index (χ4n) is 6.67. The standard InChI is InChI=1S/C49H83O13P/c1-3-5-7-9-11-13-15-17-19-20-21-22-24-25-27-29-31-33-35-37-42(50)59-39-41(40-60-63(57,58)62-49-47(55)45(53)44(52)46(54)48(49)56)61-43(51)38-36-34-32-30-28-26-23-18-16-14-12-10-8-6-4-2/h11,13-14,16-19,21-23,25,27,41,44-49,52-56H,3-10,12,15,20,24,26,28-40H2,1-2H3,(H,57,58)/b13-11+,16-14+,19-17+,22-21+,23-18+,27-25+/t41-,44?,45-,46?,47?,48?,49?/m0/s1. The summed E-state index contributed by atoms with van der Waals surface area (Å²) in [6, 6.07) is 0. The Bertz CT molecular complexity index is 1380. The van der Waals surface area contributed by atoms with Crippen molar-refractivity contribution >= 4 is 19.8 Å². The van der Waals surface area contributed by atoms with Crippen LogP contribution in [-0.2, 0) is 32.7 Å². The van der Waals surface area contributed by atoms with E-state index in [4.69, 9.17) is 18.5 Å². The number of phosphoric ester groups is 1. The van der Waals surface area contributed by atoms with E-state index in [2.05, 4.69) is 86.8 Å². The Morgan fingerprint density at radius 3 is 1.44 bits per heavy atom. The van der Waals surface area contributed by atoms with Crippen molar-refractivity contribution in [1.82, 2.24) is 0 Å². The minimum absolute atomic E-state index is 0.0681. The highest BCUT2D eigenvalue weighted by molar-refractivity contribution is 7.47. The number of ether oxygens (including phenoxy) is 2. The zero-order valence-electron chi connectivity index (χ0n) is 38.3. The molecule has 1 fully saturated rings. The number of aliphatic hydroxyl groups excluding tert-OH is 5. The molecular weight excluding hydrogens is 827 g/mol. The monoisotopic (exact) mass is 911 g/mol. The van der Waals surface area contributed by atoms with Crippen molar-refractivity contribution in [2.24, 2.45) is 0 Å². The number of esters is 2. The Kier molecular flexibility index (Phi) is 35.7. The van der Waals surface area contributed by atoms with Crippen molar-refractivity contribution in [2.45, 2.75) is 211 Å². The third-order valence-corrected chi connectivity index (χ3v) is 11.5. The molecule has 8 atom stereocenters. The van der Waals surface area contributed by atoms with E-state index in [-0.39, 0.29) is 12.8 Å². The molecule has 0 bridgehead atoms. The first-order valence-corrected chi connectivity index (χ1v) is 25.3. The van der Waals surface area contributed by atoms with Gasteiger partial charge in [-0.05, 0) is 83.5 Å². The third-order valence-electron chi connectivity index (χ3n) is 10.5. The van der Waals surface area contributed by atoms with Gasteiger partial charge in [0.25, 0.3) is 0 Å². The van der Waals surface area contributed by atoms with Gasteiger partial charge in [-0.25, -0.2) is 4.57 Å². The molecule has 0 aromatic carbocycles. The summed E-state index contributed by atoms with van der Waals surface area (Å²) in [5, 5.41) is 50.2. The van der Waals surface area contributed by atoms with Crippen molar-refractivity contribution in [3.05, 3.63) is 72.9 Å². The molecule has 1 rings (SSSR count). The summed E-state index contributed by atoms with van der Waals surface area (Å²) in [4.78, 5) is 35.7. The third kappa shape index (κ3) is 31.0. The molecule has 1 aliphatic carbocycles. The van der Waals surface area contributed by atoms with E-state index in [9.17, 15) is 44.6 Å². The summed E-state index contributed by atoms with van der Waals surface area (Å²) in [6.07, 6.45) is 35.2. The van der Waals surface area contributed by atoms with Gasteiger partial charge in [-0.15, -0.1) is 0 Å². The summed E-state index contributed by atoms with van der Waals surface area (Å²) in [6.45, 7) is 3.20. The second-order valence-corrected chi connectivity index (χ2v) is 17.7. The lowest BCUT2D eigenvalue weighted by Crippen LogP contribution is -2.64. The molecule has 0 aliphatic heterocycles. The van der Waals surface area contributed by atoms with Crippen molar-refractivity contribution in [1.29, 1.82) is 0 Å². The van der Waals surface area contributed by atoms with Gasteiger partial charge in [0.2, 0.25) is 0 Å². The van der Waals surface area contributed by atoms with Gasteiger partial charge in [-0.3, -0.25) is 18.6 Å². The molecule has 1 saturated carbocycles. The van der Waals surface area contributed by atoms with Crippen LogP contribution in [0.25, 0.3) is 0 Å². The molecule has 63 heavy (non-hydrogen) atoms. The smallest absolute Gasteiger partial charge is 0.462 e. The normalized spacial score (nSPS) is 22.3. The molecule has 6 N–H and O–H groups in total. The molecule has 0 amide bonds. The zero-order valence-corrected chi connectivity index (χ0v) is 39.2. The fraction of sp³-hybridized carbons (Fsp3) is 0.714. The van der Waals surface area contributed by atoms with Crippen LogP contribution in [0.1, 0.15) is 168 Å². The Labute approximate surface area is 378 Å². The fourth-order valence-corrected chi connectivity index (χ4v) is 7.64. The summed E-state index contributed by atoms with van der Waals surface area (Å²) in [5.41, 5.74) is 0. The van der Waals surface area contributed by atoms with E-state index in [0.29, 0.717) is 12.8 Å². The van der Waals surface area contributed by atoms with Crippen molar-refractivity contribution in [3.63, 3.8) is 0 Å². The first kappa shape index (κ1) is 58.3. The summed E-state index contributed by atoms with van der Waals surface area (Å²) in [5.74, 6) is -1.16. The summed E-state index contributed by atoms with van der Waals surface area (Å²) in [7, 11) is -5.13. The minimum atomic E-state index is -5.13. The van der Waals surface area contributed by atoms with Crippen LogP contribution in [0, 0.1) is 0 Å². The molecule has 14 heteroatoms. The number of phosphoric acid groups is 1. The molecular formula is C49H83O13P. The first-order valence-electron chi connectivity index (χ1n) is 23.8. The topological polar surface area (TPSA) is 210 Å². The average Bonchev–Trinajstić information content (AvgIpc) is 3.26. The second-order valence-electron chi connectivity index (χ2n) is 16.3. The molecule has 362 valence electrons. The van der Waals surface area contributed by atoms with Crippen LogP contribution in [0.2, 0.25) is 0 Å². The number of carbonyl (C=O) groups is 2. The highest BCUT2D eigenvalue weighted by atomic mass is 31.2. The number of rotatable bonds is 38. The van der Waals surface area contributed by atoms with Gasteiger partial charge in [0, 0.05) is 12.8 Å². The lowest BCUT2D eigenvalue weighted by Gasteiger charge is -2.41. The molecule has 0 aromatic heterocycles. The summed E-state index contributed by atoms with van der Waals surface area (Å²) >= 11 is 0. The predicted octanol–water partition coefficient (Wildman–Crippen LogP) is 9.50. The van der Waals surface area contributed by atoms with E-state index in [0.717, 1.165) is 83.5 Å². The maximum atomic E-state index is 12.8. The number of carbonyl (C=O) groups excluding carboxylic acids is 2. The van der Waals surface area contributed by atoms with Crippen LogP contribution in [-0.4, -0.2) is 98.3 Å². The lowest BCUT2D eigenvalue weighted by molar-refractivity contribution is -0.220. The Morgan fingerprint density at radius 2 is 0.905 bits per heavy atom. The van der Waals surface area contributed by atoms with Crippen LogP contribution >= 0.6 is 7.82 Å². The minimum Gasteiger partial charge on any atom is -0.462 e. The highest BCUT2D eigenvalue weighted by Crippen LogP contribution is 2.47. The molecule has 0 heterocycles. The molecule has 6 unspecified atom stereocenters. The van der Waals surface area contributed by atoms with Gasteiger partial charge in [0.1, 0.15) is 43.2 Å².